The van der Waals surface area contributed by atoms with Crippen LogP contribution in [0, 0.1) is 0 Å². The highest BCUT2D eigenvalue weighted by Gasteiger charge is 2.51. The lowest BCUT2D eigenvalue weighted by Crippen LogP contribution is -2.41. The molecule has 0 amide bonds. The standard InChI is InChI=1S/C22H22BNO4/c1-21(2)22(3,4)28-23(27-21)15-11-9-14(10-12-15)19-13-17(20(25)26)16-7-5-6-8-18(16)24-19/h5-13H,1-4H3,(H,25,26). The number of para-hydroxylation sites is 1. The van der Waals surface area contributed by atoms with E-state index in [1.54, 1.807) is 12.1 Å². The SMILES string of the molecule is CC1(C)OB(c2ccc(-c3cc(C(=O)O)c4ccccc4n3)cc2)OC1(C)C. The van der Waals surface area contributed by atoms with Crippen LogP contribution in [0.4, 0.5) is 0 Å². The second-order valence-corrected chi connectivity index (χ2v) is 8.09. The Balaban J connectivity index is 1.69. The number of carbonyl (C=O) groups is 1. The van der Waals surface area contributed by atoms with Crippen LogP contribution in [0.5, 0.6) is 0 Å². The Morgan fingerprint density at radius 1 is 0.964 bits per heavy atom. The van der Waals surface area contributed by atoms with Crippen molar-refractivity contribution < 1.29 is 19.2 Å². The zero-order valence-electron chi connectivity index (χ0n) is 16.4. The van der Waals surface area contributed by atoms with Gasteiger partial charge in [0, 0.05) is 10.9 Å². The molecule has 1 aliphatic heterocycles. The van der Waals surface area contributed by atoms with Crippen LogP contribution in [0.2, 0.25) is 0 Å². The summed E-state index contributed by atoms with van der Waals surface area (Å²) in [5.74, 6) is -0.964. The van der Waals surface area contributed by atoms with Crippen molar-refractivity contribution in [2.75, 3.05) is 0 Å². The number of hydrogen-bond donors (Lipinski definition) is 1. The average molecular weight is 375 g/mol. The highest BCUT2D eigenvalue weighted by molar-refractivity contribution is 6.62. The highest BCUT2D eigenvalue weighted by Crippen LogP contribution is 2.36. The summed E-state index contributed by atoms with van der Waals surface area (Å²) in [5, 5.41) is 10.2. The number of fused-ring (bicyclic) bond motifs is 1. The van der Waals surface area contributed by atoms with Crippen molar-refractivity contribution in [2.45, 2.75) is 38.9 Å². The van der Waals surface area contributed by atoms with Gasteiger partial charge in [-0.15, -0.1) is 0 Å². The Bertz CT molecular complexity index is 1040. The Hall–Kier alpha value is -2.70. The normalized spacial score (nSPS) is 17.8. The molecule has 3 aromatic rings. The molecule has 0 atom stereocenters. The van der Waals surface area contributed by atoms with Gasteiger partial charge in [-0.3, -0.25) is 0 Å². The van der Waals surface area contributed by atoms with Crippen LogP contribution in [0.25, 0.3) is 22.2 Å². The van der Waals surface area contributed by atoms with Gasteiger partial charge in [0.15, 0.2) is 0 Å². The summed E-state index contributed by atoms with van der Waals surface area (Å²) in [6, 6.07) is 16.6. The van der Waals surface area contributed by atoms with Crippen molar-refractivity contribution >= 4 is 29.5 Å². The quantitative estimate of drug-likeness (QED) is 0.704. The molecule has 0 radical (unpaired) electrons. The molecule has 0 bridgehead atoms. The predicted molar refractivity (Wildman–Crippen MR) is 110 cm³/mol. The van der Waals surface area contributed by atoms with Gasteiger partial charge in [0.05, 0.1) is 28.0 Å². The second kappa shape index (κ2) is 6.43. The van der Waals surface area contributed by atoms with Gasteiger partial charge in [-0.05, 0) is 45.3 Å². The molecule has 1 N–H and O–H groups in total. The number of pyridine rings is 1. The summed E-state index contributed by atoms with van der Waals surface area (Å²) in [6.45, 7) is 8.09. The van der Waals surface area contributed by atoms with Crippen molar-refractivity contribution in [1.82, 2.24) is 4.98 Å². The van der Waals surface area contributed by atoms with Crippen LogP contribution in [0.1, 0.15) is 38.1 Å². The van der Waals surface area contributed by atoms with Gasteiger partial charge >= 0.3 is 13.1 Å². The summed E-state index contributed by atoms with van der Waals surface area (Å²) >= 11 is 0. The van der Waals surface area contributed by atoms with Gasteiger partial charge in [-0.1, -0.05) is 42.5 Å². The van der Waals surface area contributed by atoms with E-state index in [9.17, 15) is 9.90 Å². The summed E-state index contributed by atoms with van der Waals surface area (Å²) in [6.07, 6.45) is 0. The van der Waals surface area contributed by atoms with Crippen LogP contribution < -0.4 is 5.46 Å². The van der Waals surface area contributed by atoms with E-state index in [1.807, 2.05) is 70.2 Å². The van der Waals surface area contributed by atoms with Crippen LogP contribution >= 0.6 is 0 Å². The second-order valence-electron chi connectivity index (χ2n) is 8.09. The molecule has 5 nitrogen and oxygen atoms in total. The topological polar surface area (TPSA) is 68.7 Å². The number of carboxylic acid groups (broad SMARTS) is 1. The van der Waals surface area contributed by atoms with Gasteiger partial charge in [-0.2, -0.15) is 0 Å². The van der Waals surface area contributed by atoms with E-state index >= 15 is 0 Å². The predicted octanol–water partition coefficient (Wildman–Crippen LogP) is 3.90. The lowest BCUT2D eigenvalue weighted by molar-refractivity contribution is 0.00578. The first-order valence-corrected chi connectivity index (χ1v) is 9.27. The van der Waals surface area contributed by atoms with Crippen LogP contribution in [0.15, 0.2) is 54.6 Å². The fraction of sp³-hybridized carbons (Fsp3) is 0.273. The third kappa shape index (κ3) is 3.09. The third-order valence-corrected chi connectivity index (χ3v) is 5.68. The Morgan fingerprint density at radius 2 is 1.57 bits per heavy atom. The number of aromatic nitrogens is 1. The minimum absolute atomic E-state index is 0.246. The van der Waals surface area contributed by atoms with Gasteiger partial charge in [-0.25, -0.2) is 9.78 Å². The molecule has 142 valence electrons. The van der Waals surface area contributed by atoms with Crippen molar-refractivity contribution in [2.24, 2.45) is 0 Å². The molecule has 0 spiro atoms. The van der Waals surface area contributed by atoms with Crippen molar-refractivity contribution in [3.63, 3.8) is 0 Å². The van der Waals surface area contributed by atoms with Crippen molar-refractivity contribution in [3.8, 4) is 11.3 Å². The Morgan fingerprint density at radius 3 is 2.18 bits per heavy atom. The number of aromatic carboxylic acids is 1. The van der Waals surface area contributed by atoms with E-state index in [2.05, 4.69) is 4.98 Å². The highest BCUT2D eigenvalue weighted by atomic mass is 16.7. The van der Waals surface area contributed by atoms with E-state index in [0.29, 0.717) is 16.6 Å². The number of hydrogen-bond acceptors (Lipinski definition) is 4. The molecule has 6 heteroatoms. The minimum Gasteiger partial charge on any atom is -0.478 e. The smallest absolute Gasteiger partial charge is 0.478 e. The van der Waals surface area contributed by atoms with E-state index in [0.717, 1.165) is 11.0 Å². The van der Waals surface area contributed by atoms with E-state index < -0.39 is 24.3 Å². The maximum absolute atomic E-state index is 11.7. The van der Waals surface area contributed by atoms with E-state index in [-0.39, 0.29) is 5.56 Å². The maximum atomic E-state index is 11.7. The molecular formula is C22H22BNO4. The molecular weight excluding hydrogens is 353 g/mol. The minimum atomic E-state index is -0.964. The van der Waals surface area contributed by atoms with Gasteiger partial charge in [0.1, 0.15) is 0 Å². The zero-order valence-corrected chi connectivity index (χ0v) is 16.4. The molecule has 1 saturated heterocycles. The first kappa shape index (κ1) is 18.7. The lowest BCUT2D eigenvalue weighted by Gasteiger charge is -2.32. The summed E-state index contributed by atoms with van der Waals surface area (Å²) in [4.78, 5) is 16.3. The summed E-state index contributed by atoms with van der Waals surface area (Å²) < 4.78 is 12.2. The monoisotopic (exact) mass is 375 g/mol. The molecule has 1 fully saturated rings. The number of benzene rings is 2. The van der Waals surface area contributed by atoms with Gasteiger partial charge < -0.3 is 14.4 Å². The Labute approximate surface area is 164 Å². The van der Waals surface area contributed by atoms with Crippen molar-refractivity contribution in [3.05, 3.63) is 60.2 Å². The zero-order chi connectivity index (χ0) is 20.1. The largest absolute Gasteiger partial charge is 0.494 e. The first-order valence-electron chi connectivity index (χ1n) is 9.27. The summed E-state index contributed by atoms with van der Waals surface area (Å²) in [7, 11) is -0.432. The molecule has 4 rings (SSSR count). The average Bonchev–Trinajstić information content (AvgIpc) is 2.88. The van der Waals surface area contributed by atoms with Crippen LogP contribution in [0.3, 0.4) is 0 Å². The number of rotatable bonds is 3. The van der Waals surface area contributed by atoms with Gasteiger partial charge in [0.2, 0.25) is 0 Å². The Kier molecular flexibility index (Phi) is 4.29. The molecule has 2 heterocycles. The van der Waals surface area contributed by atoms with E-state index in [4.69, 9.17) is 9.31 Å². The van der Waals surface area contributed by atoms with Gasteiger partial charge in [0.25, 0.3) is 0 Å². The first-order chi connectivity index (χ1) is 13.2. The number of nitrogens with zero attached hydrogens (tertiary/aromatic N) is 1. The molecule has 0 unspecified atom stereocenters. The van der Waals surface area contributed by atoms with E-state index in [1.165, 1.54) is 0 Å². The fourth-order valence-corrected chi connectivity index (χ4v) is 3.29. The molecule has 1 aromatic heterocycles. The molecule has 2 aromatic carbocycles. The maximum Gasteiger partial charge on any atom is 0.494 e. The van der Waals surface area contributed by atoms with Crippen LogP contribution in [-0.2, 0) is 9.31 Å². The van der Waals surface area contributed by atoms with Crippen LogP contribution in [-0.4, -0.2) is 34.4 Å². The molecule has 1 aliphatic rings. The molecule has 0 aliphatic carbocycles. The molecule has 0 saturated carbocycles. The van der Waals surface area contributed by atoms with Crippen molar-refractivity contribution in [1.29, 1.82) is 0 Å². The number of carboxylic acids is 1. The molecule has 28 heavy (non-hydrogen) atoms. The lowest BCUT2D eigenvalue weighted by atomic mass is 9.78. The third-order valence-electron chi connectivity index (χ3n) is 5.68. The summed E-state index contributed by atoms with van der Waals surface area (Å²) in [5.41, 5.74) is 2.49. The fourth-order valence-electron chi connectivity index (χ4n) is 3.29.